The van der Waals surface area contributed by atoms with Crippen LogP contribution in [-0.2, 0) is 10.3 Å². The fourth-order valence-electron chi connectivity index (χ4n) is 1.62. The Hall–Kier alpha value is -1.11. The summed E-state index contributed by atoms with van der Waals surface area (Å²) in [5.74, 6) is 0.697. The number of thiophene rings is 1. The van der Waals surface area contributed by atoms with Crippen LogP contribution in [0.15, 0.2) is 21.8 Å². The summed E-state index contributed by atoms with van der Waals surface area (Å²) in [7, 11) is 0. The van der Waals surface area contributed by atoms with E-state index < -0.39 is 5.60 Å². The second kappa shape index (κ2) is 8.94. The number of guanidine groups is 1. The first-order chi connectivity index (χ1) is 9.60. The Morgan fingerprint density at radius 2 is 2.25 bits per heavy atom. The molecule has 0 bridgehead atoms. The Bertz CT molecular complexity index is 391. The smallest absolute Gasteiger partial charge is 0.191 e. The van der Waals surface area contributed by atoms with Gasteiger partial charge in [0.2, 0.25) is 0 Å². The molecule has 114 valence electrons. The van der Waals surface area contributed by atoms with Gasteiger partial charge in [-0.1, -0.05) is 0 Å². The predicted molar refractivity (Wildman–Crippen MR) is 84.4 cm³/mol. The third kappa shape index (κ3) is 5.90. The summed E-state index contributed by atoms with van der Waals surface area (Å²) in [4.78, 5) is 4.43. The molecule has 1 unspecified atom stereocenters. The second-order valence-corrected chi connectivity index (χ2v) is 5.38. The van der Waals surface area contributed by atoms with Gasteiger partial charge >= 0.3 is 0 Å². The highest BCUT2D eigenvalue weighted by molar-refractivity contribution is 7.08. The molecule has 1 atom stereocenters. The number of hydrogen-bond acceptors (Lipinski definition) is 4. The van der Waals surface area contributed by atoms with Crippen molar-refractivity contribution in [2.45, 2.75) is 26.4 Å². The maximum absolute atomic E-state index is 10.4. The Morgan fingerprint density at radius 3 is 2.85 bits per heavy atom. The standard InChI is InChI=1S/C14H25N3O2S/c1-4-15-13(16-7-8-19-5-2)17-11-14(3,18)12-6-9-20-10-12/h6,9-10,18H,4-5,7-8,11H2,1-3H3,(H2,15,16,17). The molecule has 20 heavy (non-hydrogen) atoms. The van der Waals surface area contributed by atoms with E-state index >= 15 is 0 Å². The summed E-state index contributed by atoms with van der Waals surface area (Å²) < 4.78 is 5.27. The minimum atomic E-state index is -0.942. The van der Waals surface area contributed by atoms with Crippen LogP contribution in [0.25, 0.3) is 0 Å². The third-order valence-corrected chi connectivity index (χ3v) is 3.46. The van der Waals surface area contributed by atoms with Crippen LogP contribution in [-0.4, -0.2) is 43.9 Å². The molecule has 0 aliphatic carbocycles. The maximum Gasteiger partial charge on any atom is 0.191 e. The average Bonchev–Trinajstić information content (AvgIpc) is 2.95. The zero-order chi connectivity index (χ0) is 14.8. The molecule has 0 saturated heterocycles. The number of nitrogens with zero attached hydrogens (tertiary/aromatic N) is 1. The lowest BCUT2D eigenvalue weighted by Crippen LogP contribution is -2.40. The largest absolute Gasteiger partial charge is 0.383 e. The van der Waals surface area contributed by atoms with Crippen LogP contribution in [0.2, 0.25) is 0 Å². The van der Waals surface area contributed by atoms with Gasteiger partial charge in [0.25, 0.3) is 0 Å². The van der Waals surface area contributed by atoms with Gasteiger partial charge in [0, 0.05) is 19.7 Å². The van der Waals surface area contributed by atoms with Gasteiger partial charge in [-0.25, -0.2) is 4.99 Å². The first-order valence-corrected chi connectivity index (χ1v) is 7.89. The summed E-state index contributed by atoms with van der Waals surface area (Å²) in [5, 5.41) is 20.7. The number of ether oxygens (including phenoxy) is 1. The maximum atomic E-state index is 10.4. The number of aliphatic hydroxyl groups is 1. The molecule has 0 aliphatic rings. The molecular formula is C14H25N3O2S. The van der Waals surface area contributed by atoms with E-state index in [1.807, 2.05) is 30.7 Å². The summed E-state index contributed by atoms with van der Waals surface area (Å²) in [6, 6.07) is 1.93. The first-order valence-electron chi connectivity index (χ1n) is 6.95. The second-order valence-electron chi connectivity index (χ2n) is 4.60. The van der Waals surface area contributed by atoms with E-state index in [1.165, 1.54) is 0 Å². The molecule has 0 spiro atoms. The number of hydrogen-bond donors (Lipinski definition) is 3. The van der Waals surface area contributed by atoms with Crippen molar-refractivity contribution < 1.29 is 9.84 Å². The molecule has 1 aromatic rings. The highest BCUT2D eigenvalue weighted by Crippen LogP contribution is 2.23. The van der Waals surface area contributed by atoms with Crippen molar-refractivity contribution >= 4 is 17.3 Å². The van der Waals surface area contributed by atoms with E-state index in [9.17, 15) is 5.11 Å². The predicted octanol–water partition coefficient (Wildman–Crippen LogP) is 1.55. The van der Waals surface area contributed by atoms with Gasteiger partial charge in [-0.15, -0.1) is 0 Å². The minimum absolute atomic E-state index is 0.313. The molecule has 0 fully saturated rings. The van der Waals surface area contributed by atoms with E-state index in [1.54, 1.807) is 18.3 Å². The van der Waals surface area contributed by atoms with E-state index in [2.05, 4.69) is 15.6 Å². The minimum Gasteiger partial charge on any atom is -0.383 e. The molecule has 0 aromatic carbocycles. The van der Waals surface area contributed by atoms with Gasteiger partial charge in [-0.2, -0.15) is 11.3 Å². The quantitative estimate of drug-likeness (QED) is 0.387. The van der Waals surface area contributed by atoms with Gasteiger partial charge in [0.1, 0.15) is 5.60 Å². The monoisotopic (exact) mass is 299 g/mol. The van der Waals surface area contributed by atoms with Gasteiger partial charge in [0.15, 0.2) is 5.96 Å². The van der Waals surface area contributed by atoms with E-state index in [0.29, 0.717) is 32.3 Å². The fraction of sp³-hybridized carbons (Fsp3) is 0.643. The van der Waals surface area contributed by atoms with Crippen molar-refractivity contribution in [2.24, 2.45) is 4.99 Å². The molecule has 0 radical (unpaired) electrons. The van der Waals surface area contributed by atoms with Crippen molar-refractivity contribution in [1.29, 1.82) is 0 Å². The molecular weight excluding hydrogens is 274 g/mol. The first kappa shape index (κ1) is 16.9. The molecule has 1 aromatic heterocycles. The lowest BCUT2D eigenvalue weighted by Gasteiger charge is -2.21. The zero-order valence-corrected chi connectivity index (χ0v) is 13.3. The Morgan fingerprint density at radius 1 is 1.45 bits per heavy atom. The molecule has 1 rings (SSSR count). The lowest BCUT2D eigenvalue weighted by atomic mass is 10.00. The van der Waals surface area contributed by atoms with Gasteiger partial charge in [-0.05, 0) is 43.2 Å². The Kier molecular flexibility index (Phi) is 7.58. The van der Waals surface area contributed by atoms with Gasteiger partial charge in [-0.3, -0.25) is 0 Å². The van der Waals surface area contributed by atoms with Crippen LogP contribution in [0.4, 0.5) is 0 Å². The Balaban J connectivity index is 2.53. The van der Waals surface area contributed by atoms with Crippen molar-refractivity contribution in [2.75, 3.05) is 32.8 Å². The van der Waals surface area contributed by atoms with Crippen molar-refractivity contribution in [3.63, 3.8) is 0 Å². The number of nitrogens with one attached hydrogen (secondary N) is 2. The molecule has 6 heteroatoms. The Labute approximate surface area is 125 Å². The average molecular weight is 299 g/mol. The van der Waals surface area contributed by atoms with E-state index in [0.717, 1.165) is 12.1 Å². The topological polar surface area (TPSA) is 65.9 Å². The van der Waals surface area contributed by atoms with Crippen LogP contribution in [0.1, 0.15) is 26.3 Å². The van der Waals surface area contributed by atoms with Crippen molar-refractivity contribution in [1.82, 2.24) is 10.6 Å². The summed E-state index contributed by atoms with van der Waals surface area (Å²) in [6.45, 7) is 8.90. The van der Waals surface area contributed by atoms with E-state index in [-0.39, 0.29) is 0 Å². The summed E-state index contributed by atoms with van der Waals surface area (Å²) in [6.07, 6.45) is 0. The zero-order valence-electron chi connectivity index (χ0n) is 12.5. The molecule has 3 N–H and O–H groups in total. The van der Waals surface area contributed by atoms with Crippen molar-refractivity contribution in [3.8, 4) is 0 Å². The molecule has 0 amide bonds. The van der Waals surface area contributed by atoms with Crippen LogP contribution in [0, 0.1) is 0 Å². The van der Waals surface area contributed by atoms with Crippen LogP contribution < -0.4 is 10.6 Å². The molecule has 0 saturated carbocycles. The summed E-state index contributed by atoms with van der Waals surface area (Å²) in [5.41, 5.74) is -0.0427. The number of aliphatic imine (C=N–C) groups is 1. The molecule has 1 heterocycles. The van der Waals surface area contributed by atoms with Crippen LogP contribution in [0.5, 0.6) is 0 Å². The number of rotatable bonds is 8. The van der Waals surface area contributed by atoms with Crippen LogP contribution >= 0.6 is 11.3 Å². The van der Waals surface area contributed by atoms with Crippen LogP contribution in [0.3, 0.4) is 0 Å². The molecule has 5 nitrogen and oxygen atoms in total. The SMILES string of the molecule is CCNC(=NCC(C)(O)c1ccsc1)NCCOCC. The normalized spacial score (nSPS) is 14.9. The third-order valence-electron chi connectivity index (χ3n) is 2.78. The van der Waals surface area contributed by atoms with Crippen molar-refractivity contribution in [3.05, 3.63) is 22.4 Å². The fourth-order valence-corrected chi connectivity index (χ4v) is 2.41. The van der Waals surface area contributed by atoms with Gasteiger partial charge < -0.3 is 20.5 Å². The van der Waals surface area contributed by atoms with E-state index in [4.69, 9.17) is 4.74 Å². The van der Waals surface area contributed by atoms with Gasteiger partial charge in [0.05, 0.1) is 13.2 Å². The lowest BCUT2D eigenvalue weighted by molar-refractivity contribution is 0.0677. The highest BCUT2D eigenvalue weighted by atomic mass is 32.1. The summed E-state index contributed by atoms with van der Waals surface area (Å²) >= 11 is 1.57. The molecule has 0 aliphatic heterocycles. The highest BCUT2D eigenvalue weighted by Gasteiger charge is 2.23.